The van der Waals surface area contributed by atoms with Crippen LogP contribution in [0.5, 0.6) is 0 Å². The van der Waals surface area contributed by atoms with E-state index < -0.39 is 0 Å². The van der Waals surface area contributed by atoms with Crippen LogP contribution in [0.25, 0.3) is 0 Å². The summed E-state index contributed by atoms with van der Waals surface area (Å²) in [5, 5.41) is 4.40. The van der Waals surface area contributed by atoms with Gasteiger partial charge in [0.1, 0.15) is 0 Å². The van der Waals surface area contributed by atoms with Gasteiger partial charge in [-0.15, -0.1) is 0 Å². The van der Waals surface area contributed by atoms with E-state index in [4.69, 9.17) is 5.73 Å². The van der Waals surface area contributed by atoms with Crippen molar-refractivity contribution in [1.82, 2.24) is 9.78 Å². The van der Waals surface area contributed by atoms with E-state index in [1.54, 1.807) is 0 Å². The molecule has 0 bridgehead atoms. The lowest BCUT2D eigenvalue weighted by molar-refractivity contribution is 0.174. The Kier molecular flexibility index (Phi) is 3.30. The highest BCUT2D eigenvalue weighted by Crippen LogP contribution is 2.36. The molecule has 0 spiro atoms. The molecule has 17 heavy (non-hydrogen) atoms. The largest absolute Gasteiger partial charge is 0.325 e. The summed E-state index contributed by atoms with van der Waals surface area (Å²) in [5.74, 6) is 1.56. The lowest BCUT2D eigenvalue weighted by Crippen LogP contribution is -2.48. The van der Waals surface area contributed by atoms with Gasteiger partial charge in [0, 0.05) is 24.7 Å². The van der Waals surface area contributed by atoms with Gasteiger partial charge in [0.15, 0.2) is 0 Å². The van der Waals surface area contributed by atoms with Crippen molar-refractivity contribution in [3.05, 3.63) is 17.5 Å². The zero-order valence-electron chi connectivity index (χ0n) is 11.5. The zero-order chi connectivity index (χ0) is 12.6. The van der Waals surface area contributed by atoms with Gasteiger partial charge in [-0.05, 0) is 44.1 Å². The van der Waals surface area contributed by atoms with Crippen LogP contribution < -0.4 is 5.73 Å². The fourth-order valence-corrected chi connectivity index (χ4v) is 3.10. The lowest BCUT2D eigenvalue weighted by Gasteiger charge is -2.40. The molecule has 0 aromatic carbocycles. The summed E-state index contributed by atoms with van der Waals surface area (Å²) in [6.45, 7) is 6.72. The SMILES string of the molecule is Cc1cc(CC2(N)CCC(C)C(C)C2)n(C)n1. The number of aromatic nitrogens is 2. The van der Waals surface area contributed by atoms with E-state index in [9.17, 15) is 0 Å². The Hall–Kier alpha value is -0.830. The molecule has 3 unspecified atom stereocenters. The predicted molar refractivity (Wildman–Crippen MR) is 70.7 cm³/mol. The summed E-state index contributed by atoms with van der Waals surface area (Å²) < 4.78 is 1.98. The van der Waals surface area contributed by atoms with Gasteiger partial charge in [0.2, 0.25) is 0 Å². The van der Waals surface area contributed by atoms with Gasteiger partial charge in [-0.2, -0.15) is 5.10 Å². The summed E-state index contributed by atoms with van der Waals surface area (Å²) in [6, 6.07) is 2.16. The molecule has 2 rings (SSSR count). The lowest BCUT2D eigenvalue weighted by atomic mass is 9.70. The predicted octanol–water partition coefficient (Wildman–Crippen LogP) is 2.42. The Morgan fingerprint density at radius 2 is 2.18 bits per heavy atom. The molecule has 2 N–H and O–H groups in total. The Balaban J connectivity index is 2.10. The van der Waals surface area contributed by atoms with Crippen molar-refractivity contribution in [1.29, 1.82) is 0 Å². The summed E-state index contributed by atoms with van der Waals surface area (Å²) >= 11 is 0. The number of hydrogen-bond acceptors (Lipinski definition) is 2. The molecular weight excluding hydrogens is 210 g/mol. The van der Waals surface area contributed by atoms with Crippen molar-refractivity contribution < 1.29 is 0 Å². The Labute approximate surface area is 104 Å². The van der Waals surface area contributed by atoms with E-state index in [0.717, 1.165) is 36.8 Å². The second-order valence-electron chi connectivity index (χ2n) is 6.14. The first-order chi connectivity index (χ1) is 7.89. The molecule has 3 atom stereocenters. The minimum atomic E-state index is -0.0217. The average Bonchev–Trinajstić information content (AvgIpc) is 2.52. The molecule has 0 radical (unpaired) electrons. The van der Waals surface area contributed by atoms with Crippen LogP contribution in [0.4, 0.5) is 0 Å². The minimum absolute atomic E-state index is 0.0217. The van der Waals surface area contributed by atoms with Gasteiger partial charge < -0.3 is 5.73 Å². The first kappa shape index (κ1) is 12.6. The number of nitrogens with two attached hydrogens (primary N) is 1. The Bertz CT molecular complexity index is 396. The maximum Gasteiger partial charge on any atom is 0.0596 e. The van der Waals surface area contributed by atoms with Crippen molar-refractivity contribution in [2.45, 2.75) is 52.0 Å². The van der Waals surface area contributed by atoms with Crippen LogP contribution in [0, 0.1) is 18.8 Å². The molecule has 1 aliphatic carbocycles. The fourth-order valence-electron chi connectivity index (χ4n) is 3.10. The van der Waals surface area contributed by atoms with E-state index in [1.807, 2.05) is 18.7 Å². The third kappa shape index (κ3) is 2.71. The van der Waals surface area contributed by atoms with Crippen molar-refractivity contribution in [3.63, 3.8) is 0 Å². The highest BCUT2D eigenvalue weighted by molar-refractivity contribution is 5.13. The second kappa shape index (κ2) is 4.45. The third-order valence-corrected chi connectivity index (χ3v) is 4.43. The molecule has 96 valence electrons. The van der Waals surface area contributed by atoms with Gasteiger partial charge in [-0.3, -0.25) is 4.68 Å². The van der Waals surface area contributed by atoms with E-state index in [2.05, 4.69) is 25.0 Å². The molecule has 1 aromatic rings. The quantitative estimate of drug-likeness (QED) is 0.855. The van der Waals surface area contributed by atoms with E-state index in [0.29, 0.717) is 0 Å². The average molecular weight is 235 g/mol. The zero-order valence-corrected chi connectivity index (χ0v) is 11.5. The number of aryl methyl sites for hydroxylation is 2. The van der Waals surface area contributed by atoms with Gasteiger partial charge in [-0.1, -0.05) is 13.8 Å². The third-order valence-electron chi connectivity index (χ3n) is 4.43. The Morgan fingerprint density at radius 1 is 1.47 bits per heavy atom. The molecule has 0 saturated heterocycles. The van der Waals surface area contributed by atoms with Crippen LogP contribution in [0.2, 0.25) is 0 Å². The van der Waals surface area contributed by atoms with Crippen molar-refractivity contribution in [3.8, 4) is 0 Å². The standard InChI is InChI=1S/C14H25N3/c1-10-5-6-14(15,8-11(10)2)9-13-7-12(3)16-17(13)4/h7,10-11H,5-6,8-9,15H2,1-4H3. The summed E-state index contributed by atoms with van der Waals surface area (Å²) in [7, 11) is 2.01. The molecule has 0 amide bonds. The van der Waals surface area contributed by atoms with E-state index in [-0.39, 0.29) is 5.54 Å². The molecule has 1 saturated carbocycles. The second-order valence-corrected chi connectivity index (χ2v) is 6.14. The highest BCUT2D eigenvalue weighted by Gasteiger charge is 2.35. The first-order valence-electron chi connectivity index (χ1n) is 6.68. The van der Waals surface area contributed by atoms with Crippen molar-refractivity contribution >= 4 is 0 Å². The van der Waals surface area contributed by atoms with Crippen molar-refractivity contribution in [2.75, 3.05) is 0 Å². The van der Waals surface area contributed by atoms with Gasteiger partial charge >= 0.3 is 0 Å². The fraction of sp³-hybridized carbons (Fsp3) is 0.786. The first-order valence-corrected chi connectivity index (χ1v) is 6.68. The summed E-state index contributed by atoms with van der Waals surface area (Å²) in [4.78, 5) is 0. The van der Waals surface area contributed by atoms with Crippen LogP contribution in [-0.4, -0.2) is 15.3 Å². The van der Waals surface area contributed by atoms with Gasteiger partial charge in [0.05, 0.1) is 5.69 Å². The summed E-state index contributed by atoms with van der Waals surface area (Å²) in [5.41, 5.74) is 8.92. The van der Waals surface area contributed by atoms with Crippen molar-refractivity contribution in [2.24, 2.45) is 24.6 Å². The van der Waals surface area contributed by atoms with Gasteiger partial charge in [-0.25, -0.2) is 0 Å². The maximum absolute atomic E-state index is 6.58. The smallest absolute Gasteiger partial charge is 0.0596 e. The molecule has 1 aromatic heterocycles. The monoisotopic (exact) mass is 235 g/mol. The topological polar surface area (TPSA) is 43.8 Å². The molecule has 3 nitrogen and oxygen atoms in total. The molecule has 3 heteroatoms. The number of nitrogens with zero attached hydrogens (tertiary/aromatic N) is 2. The molecule has 1 fully saturated rings. The Morgan fingerprint density at radius 3 is 2.71 bits per heavy atom. The molecular formula is C14H25N3. The highest BCUT2D eigenvalue weighted by atomic mass is 15.3. The minimum Gasteiger partial charge on any atom is -0.325 e. The normalized spacial score (nSPS) is 33.9. The summed E-state index contributed by atoms with van der Waals surface area (Å²) in [6.07, 6.45) is 4.50. The van der Waals surface area contributed by atoms with Gasteiger partial charge in [0.25, 0.3) is 0 Å². The van der Waals surface area contributed by atoms with Crippen LogP contribution in [0.1, 0.15) is 44.5 Å². The number of rotatable bonds is 2. The van der Waals surface area contributed by atoms with E-state index >= 15 is 0 Å². The molecule has 1 aliphatic rings. The maximum atomic E-state index is 6.58. The number of hydrogen-bond donors (Lipinski definition) is 1. The van der Waals surface area contributed by atoms with E-state index in [1.165, 1.54) is 12.1 Å². The van der Waals surface area contributed by atoms with Crippen LogP contribution in [-0.2, 0) is 13.5 Å². The molecule has 1 heterocycles. The van der Waals surface area contributed by atoms with Crippen LogP contribution in [0.3, 0.4) is 0 Å². The van der Waals surface area contributed by atoms with Crippen LogP contribution in [0.15, 0.2) is 6.07 Å². The van der Waals surface area contributed by atoms with Crippen LogP contribution >= 0.6 is 0 Å². The molecule has 0 aliphatic heterocycles.